The quantitative estimate of drug-likeness (QED) is 0.629. The highest BCUT2D eigenvalue weighted by atomic mass is 35.5. The zero-order valence-electron chi connectivity index (χ0n) is 9.57. The Kier molecular flexibility index (Phi) is 5.16. The molecule has 0 radical (unpaired) electrons. The fourth-order valence-corrected chi connectivity index (χ4v) is 1.03. The van der Waals surface area contributed by atoms with Gasteiger partial charge in [-0.3, -0.25) is 0 Å². The molecule has 1 aromatic carbocycles. The first-order valence-corrected chi connectivity index (χ1v) is 5.31. The number of urea groups is 1. The molecule has 0 unspecified atom stereocenters. The van der Waals surface area contributed by atoms with E-state index in [1.807, 2.05) is 0 Å². The van der Waals surface area contributed by atoms with Crippen molar-refractivity contribution in [1.82, 2.24) is 10.9 Å². The average Bonchev–Trinajstić information content (AvgIpc) is 2.29. The summed E-state index contributed by atoms with van der Waals surface area (Å²) in [5.74, 6) is 0. The third kappa shape index (κ3) is 5.67. The number of hydrogen-bond donors (Lipinski definition) is 2. The van der Waals surface area contributed by atoms with Crippen molar-refractivity contribution < 1.29 is 4.79 Å². The second-order valence-electron chi connectivity index (χ2n) is 3.42. The van der Waals surface area contributed by atoms with Gasteiger partial charge in [0.2, 0.25) is 0 Å². The first-order valence-electron chi connectivity index (χ1n) is 4.93. The molecule has 2 amide bonds. The molecule has 5 nitrogen and oxygen atoms in total. The topological polar surface area (TPSA) is 65.8 Å². The molecule has 90 valence electrons. The highest BCUT2D eigenvalue weighted by Crippen LogP contribution is 2.07. The monoisotopic (exact) mass is 252 g/mol. The Bertz CT molecular complexity index is 435. The van der Waals surface area contributed by atoms with E-state index in [1.165, 1.54) is 6.21 Å². The summed E-state index contributed by atoms with van der Waals surface area (Å²) in [5.41, 5.74) is 6.15. The molecular weight excluding hydrogens is 240 g/mol. The minimum atomic E-state index is -0.489. The van der Waals surface area contributed by atoms with Crippen molar-refractivity contribution in [3.05, 3.63) is 34.9 Å². The van der Waals surface area contributed by atoms with Crippen LogP contribution in [0.2, 0.25) is 5.02 Å². The highest BCUT2D eigenvalue weighted by Gasteiger charge is 1.94. The minimum Gasteiger partial charge on any atom is -0.245 e. The molecule has 0 atom stereocenters. The lowest BCUT2D eigenvalue weighted by atomic mass is 10.2. The Labute approximate surface area is 105 Å². The van der Waals surface area contributed by atoms with Gasteiger partial charge in [-0.2, -0.15) is 10.2 Å². The third-order valence-electron chi connectivity index (χ3n) is 1.63. The largest absolute Gasteiger partial charge is 0.355 e. The van der Waals surface area contributed by atoms with E-state index in [9.17, 15) is 4.79 Å². The Balaban J connectivity index is 2.42. The Morgan fingerprint density at radius 2 is 1.88 bits per heavy atom. The van der Waals surface area contributed by atoms with Crippen LogP contribution in [0.4, 0.5) is 4.79 Å². The van der Waals surface area contributed by atoms with E-state index in [-0.39, 0.29) is 0 Å². The Morgan fingerprint density at radius 3 is 2.47 bits per heavy atom. The van der Waals surface area contributed by atoms with E-state index in [0.29, 0.717) is 5.02 Å². The van der Waals surface area contributed by atoms with Crippen LogP contribution in [0.5, 0.6) is 0 Å². The molecule has 0 spiro atoms. The van der Waals surface area contributed by atoms with Gasteiger partial charge in [0.05, 0.1) is 6.21 Å². The van der Waals surface area contributed by atoms with Crippen LogP contribution in [0.3, 0.4) is 0 Å². The summed E-state index contributed by atoms with van der Waals surface area (Å²) in [5, 5.41) is 8.13. The average molecular weight is 253 g/mol. The maximum Gasteiger partial charge on any atom is 0.355 e. The van der Waals surface area contributed by atoms with Crippen molar-refractivity contribution in [3.8, 4) is 0 Å². The summed E-state index contributed by atoms with van der Waals surface area (Å²) in [6.07, 6.45) is 1.51. The van der Waals surface area contributed by atoms with Crippen LogP contribution in [0.15, 0.2) is 34.5 Å². The highest BCUT2D eigenvalue weighted by molar-refractivity contribution is 6.30. The van der Waals surface area contributed by atoms with Gasteiger partial charge in [0.1, 0.15) is 0 Å². The van der Waals surface area contributed by atoms with Crippen molar-refractivity contribution in [1.29, 1.82) is 0 Å². The summed E-state index contributed by atoms with van der Waals surface area (Å²) in [7, 11) is 0. The van der Waals surface area contributed by atoms with Gasteiger partial charge < -0.3 is 0 Å². The first kappa shape index (κ1) is 13.2. The maximum atomic E-state index is 11.1. The molecule has 0 heterocycles. The molecule has 1 rings (SSSR count). The number of carbonyl (C=O) groups excluding carboxylic acids is 1. The summed E-state index contributed by atoms with van der Waals surface area (Å²) < 4.78 is 0. The molecule has 0 saturated heterocycles. The first-order chi connectivity index (χ1) is 8.08. The lowest BCUT2D eigenvalue weighted by molar-refractivity contribution is 0.242. The van der Waals surface area contributed by atoms with Crippen LogP contribution in [0, 0.1) is 0 Å². The van der Waals surface area contributed by atoms with Gasteiger partial charge >= 0.3 is 6.03 Å². The van der Waals surface area contributed by atoms with E-state index < -0.39 is 6.03 Å². The summed E-state index contributed by atoms with van der Waals surface area (Å²) in [6.45, 7) is 3.55. The van der Waals surface area contributed by atoms with Crippen molar-refractivity contribution >= 4 is 29.6 Å². The number of nitrogens with one attached hydrogen (secondary N) is 2. The van der Waals surface area contributed by atoms with Gasteiger partial charge in [-0.25, -0.2) is 15.6 Å². The van der Waals surface area contributed by atoms with Gasteiger partial charge in [-0.15, -0.1) is 0 Å². The fraction of sp³-hybridized carbons (Fsp3) is 0.182. The number of hydrazone groups is 2. The molecule has 17 heavy (non-hydrogen) atoms. The zero-order chi connectivity index (χ0) is 12.7. The van der Waals surface area contributed by atoms with Crippen molar-refractivity contribution in [3.63, 3.8) is 0 Å². The molecule has 0 saturated carbocycles. The second kappa shape index (κ2) is 6.65. The summed E-state index contributed by atoms with van der Waals surface area (Å²) >= 11 is 5.73. The molecular formula is C11H13ClN4O. The predicted molar refractivity (Wildman–Crippen MR) is 69.5 cm³/mol. The minimum absolute atomic E-state index is 0.489. The Hall–Kier alpha value is -1.88. The van der Waals surface area contributed by atoms with Gasteiger partial charge in [-0.05, 0) is 31.5 Å². The maximum absolute atomic E-state index is 11.1. The molecule has 1 aromatic rings. The number of benzene rings is 1. The van der Waals surface area contributed by atoms with Gasteiger partial charge in [-0.1, -0.05) is 23.7 Å². The summed E-state index contributed by atoms with van der Waals surface area (Å²) in [4.78, 5) is 11.1. The SMILES string of the molecule is CC(C)=NNC(=O)NN=Cc1ccc(Cl)cc1. The number of carbonyl (C=O) groups is 1. The molecule has 2 N–H and O–H groups in total. The van der Waals surface area contributed by atoms with Gasteiger partial charge in [0.25, 0.3) is 0 Å². The zero-order valence-corrected chi connectivity index (χ0v) is 10.3. The van der Waals surface area contributed by atoms with Crippen LogP contribution in [0.25, 0.3) is 0 Å². The lowest BCUT2D eigenvalue weighted by Crippen LogP contribution is -2.28. The van der Waals surface area contributed by atoms with Crippen LogP contribution in [0.1, 0.15) is 19.4 Å². The molecule has 0 bridgehead atoms. The van der Waals surface area contributed by atoms with E-state index in [1.54, 1.807) is 38.1 Å². The number of nitrogens with zero attached hydrogens (tertiary/aromatic N) is 2. The summed E-state index contributed by atoms with van der Waals surface area (Å²) in [6, 6.07) is 6.58. The van der Waals surface area contributed by atoms with E-state index in [4.69, 9.17) is 11.6 Å². The van der Waals surface area contributed by atoms with Gasteiger partial charge in [0, 0.05) is 10.7 Å². The predicted octanol–water partition coefficient (Wildman–Crippen LogP) is 2.37. The van der Waals surface area contributed by atoms with Crippen molar-refractivity contribution in [2.24, 2.45) is 10.2 Å². The smallest absolute Gasteiger partial charge is 0.245 e. The molecule has 0 aliphatic heterocycles. The number of halogens is 1. The number of amides is 2. The van der Waals surface area contributed by atoms with Crippen molar-refractivity contribution in [2.45, 2.75) is 13.8 Å². The number of rotatable bonds is 3. The van der Waals surface area contributed by atoms with Gasteiger partial charge in [0.15, 0.2) is 0 Å². The number of hydrogen-bond acceptors (Lipinski definition) is 3. The van der Waals surface area contributed by atoms with E-state index in [0.717, 1.165) is 11.3 Å². The van der Waals surface area contributed by atoms with Crippen LogP contribution >= 0.6 is 11.6 Å². The normalized spacial score (nSPS) is 10.1. The molecule has 0 aliphatic rings. The standard InChI is InChI=1S/C11H13ClN4O/c1-8(2)14-16-11(17)15-13-7-9-3-5-10(12)6-4-9/h3-7H,1-2H3,(H2,15,16,17). The molecule has 6 heteroatoms. The third-order valence-corrected chi connectivity index (χ3v) is 1.88. The van der Waals surface area contributed by atoms with Crippen LogP contribution in [-0.2, 0) is 0 Å². The van der Waals surface area contributed by atoms with Crippen LogP contribution < -0.4 is 10.9 Å². The fourth-order valence-electron chi connectivity index (χ4n) is 0.902. The van der Waals surface area contributed by atoms with E-state index in [2.05, 4.69) is 21.1 Å². The molecule has 0 fully saturated rings. The van der Waals surface area contributed by atoms with Crippen LogP contribution in [-0.4, -0.2) is 18.0 Å². The van der Waals surface area contributed by atoms with Crippen molar-refractivity contribution in [2.75, 3.05) is 0 Å². The molecule has 0 aromatic heterocycles. The second-order valence-corrected chi connectivity index (χ2v) is 3.86. The van der Waals surface area contributed by atoms with E-state index >= 15 is 0 Å². The Morgan fingerprint density at radius 1 is 1.24 bits per heavy atom. The lowest BCUT2D eigenvalue weighted by Gasteiger charge is -1.98. The molecule has 0 aliphatic carbocycles.